The summed E-state index contributed by atoms with van der Waals surface area (Å²) in [5, 5.41) is 21.3. The fourth-order valence-corrected chi connectivity index (χ4v) is 3.91. The van der Waals surface area contributed by atoms with Crippen LogP contribution in [0.1, 0.15) is 18.4 Å². The summed E-state index contributed by atoms with van der Waals surface area (Å²) in [4.78, 5) is 30.5. The molecule has 2 heterocycles. The molecule has 26 heavy (non-hydrogen) atoms. The highest BCUT2D eigenvalue weighted by molar-refractivity contribution is 7.13. The normalized spacial score (nSPS) is 17.1. The molecule has 1 atom stereocenters. The highest BCUT2D eigenvalue weighted by atomic mass is 32.1. The average molecular weight is 376 g/mol. The van der Waals surface area contributed by atoms with Crippen LogP contribution >= 0.6 is 11.3 Å². The number of carboxylic acid groups (broad SMARTS) is 1. The van der Waals surface area contributed by atoms with E-state index in [4.69, 9.17) is 5.73 Å². The number of aromatic hydroxyl groups is 1. The molecular weight excluding hydrogens is 356 g/mol. The van der Waals surface area contributed by atoms with Crippen molar-refractivity contribution < 1.29 is 19.8 Å². The number of urea groups is 1. The maximum atomic E-state index is 12.0. The fourth-order valence-electron chi connectivity index (χ4n) is 3.12. The van der Waals surface area contributed by atoms with Crippen molar-refractivity contribution in [2.24, 2.45) is 5.73 Å². The van der Waals surface area contributed by atoms with E-state index in [0.29, 0.717) is 30.2 Å². The van der Waals surface area contributed by atoms with Gasteiger partial charge in [-0.3, -0.25) is 4.90 Å². The van der Waals surface area contributed by atoms with Gasteiger partial charge in [0.1, 0.15) is 16.6 Å². The van der Waals surface area contributed by atoms with Crippen LogP contribution in [0, 0.1) is 6.92 Å². The van der Waals surface area contributed by atoms with Crippen molar-refractivity contribution in [1.82, 2.24) is 9.88 Å². The Morgan fingerprint density at radius 1 is 1.42 bits per heavy atom. The summed E-state index contributed by atoms with van der Waals surface area (Å²) in [7, 11) is 0. The molecule has 4 N–H and O–H groups in total. The highest BCUT2D eigenvalue weighted by Gasteiger charge is 2.32. The maximum absolute atomic E-state index is 12.0. The number of hydrogen-bond acceptors (Lipinski definition) is 5. The molecule has 0 unspecified atom stereocenters. The van der Waals surface area contributed by atoms with Gasteiger partial charge in [-0.1, -0.05) is 0 Å². The number of phenols is 1. The van der Waals surface area contributed by atoms with Crippen LogP contribution in [0.2, 0.25) is 0 Å². The van der Waals surface area contributed by atoms with Gasteiger partial charge in [-0.25, -0.2) is 14.6 Å². The molecule has 1 fully saturated rings. The molecule has 3 amide bonds. The van der Waals surface area contributed by atoms with Crippen molar-refractivity contribution in [1.29, 1.82) is 0 Å². The minimum Gasteiger partial charge on any atom is -0.508 e. The molecular formula is C17H20N4O4S. The molecule has 8 nitrogen and oxygen atoms in total. The highest BCUT2D eigenvalue weighted by Crippen LogP contribution is 2.32. The Morgan fingerprint density at radius 2 is 2.19 bits per heavy atom. The predicted molar refractivity (Wildman–Crippen MR) is 98.6 cm³/mol. The summed E-state index contributed by atoms with van der Waals surface area (Å²) in [5.74, 6) is 0.626. The maximum Gasteiger partial charge on any atom is 0.407 e. The average Bonchev–Trinajstić information content (AvgIpc) is 3.07. The lowest BCUT2D eigenvalue weighted by molar-refractivity contribution is 0.130. The number of aryl methyl sites for hydroxylation is 1. The largest absolute Gasteiger partial charge is 0.508 e. The molecule has 0 saturated carbocycles. The van der Waals surface area contributed by atoms with Gasteiger partial charge in [-0.2, -0.15) is 0 Å². The first-order valence-corrected chi connectivity index (χ1v) is 9.07. The molecule has 1 saturated heterocycles. The van der Waals surface area contributed by atoms with E-state index in [2.05, 4.69) is 4.98 Å². The minimum atomic E-state index is -1.00. The Hall–Kier alpha value is -2.81. The molecule has 0 bridgehead atoms. The molecule has 9 heteroatoms. The van der Waals surface area contributed by atoms with Gasteiger partial charge in [-0.05, 0) is 43.5 Å². The third kappa shape index (κ3) is 3.57. The number of piperidine rings is 1. The SMILES string of the molecule is Cc1cc(-c2nc(N(C(N)=O)[C@H]3CCCN(C(=O)O)C3)cs2)ccc1O. The molecule has 0 aliphatic carbocycles. The fraction of sp³-hybridized carbons (Fsp3) is 0.353. The van der Waals surface area contributed by atoms with Gasteiger partial charge >= 0.3 is 12.1 Å². The molecule has 2 aromatic rings. The number of benzene rings is 1. The summed E-state index contributed by atoms with van der Waals surface area (Å²) in [6.45, 7) is 2.46. The number of carbonyl (C=O) groups excluding carboxylic acids is 1. The van der Waals surface area contributed by atoms with Crippen molar-refractivity contribution in [3.63, 3.8) is 0 Å². The number of carbonyl (C=O) groups is 2. The third-order valence-electron chi connectivity index (χ3n) is 4.45. The standard InChI is InChI=1S/C17H20N4O4S/c1-10-7-11(4-5-13(10)22)15-19-14(9-26-15)21(16(18)23)12-3-2-6-20(8-12)17(24)25/h4-5,7,9,12,22H,2-3,6,8H2,1H3,(H2,18,23)(H,24,25)/t12-/m0/s1. The van der Waals surface area contributed by atoms with Crippen LogP contribution in [0.25, 0.3) is 10.6 Å². The lowest BCUT2D eigenvalue weighted by Crippen LogP contribution is -2.53. The first-order valence-electron chi connectivity index (χ1n) is 8.19. The molecule has 0 spiro atoms. The number of thiazole rings is 1. The molecule has 0 radical (unpaired) electrons. The number of likely N-dealkylation sites (tertiary alicyclic amines) is 1. The number of phenolic OH excluding ortho intramolecular Hbond substituents is 1. The topological polar surface area (TPSA) is 120 Å². The van der Waals surface area contributed by atoms with E-state index in [1.54, 1.807) is 24.4 Å². The van der Waals surface area contributed by atoms with Gasteiger partial charge in [0.15, 0.2) is 0 Å². The van der Waals surface area contributed by atoms with Crippen LogP contribution in [0.15, 0.2) is 23.6 Å². The van der Waals surface area contributed by atoms with Gasteiger partial charge in [-0.15, -0.1) is 11.3 Å². The summed E-state index contributed by atoms with van der Waals surface area (Å²) in [6.07, 6.45) is 0.324. The Bertz CT molecular complexity index is 838. The second kappa shape index (κ2) is 7.20. The van der Waals surface area contributed by atoms with Gasteiger partial charge < -0.3 is 20.8 Å². The number of nitrogens with zero attached hydrogens (tertiary/aromatic N) is 3. The number of aromatic nitrogens is 1. The zero-order chi connectivity index (χ0) is 18.8. The molecule has 1 aliphatic rings. The Balaban J connectivity index is 1.87. The van der Waals surface area contributed by atoms with E-state index >= 15 is 0 Å². The Labute approximate surface area is 154 Å². The lowest BCUT2D eigenvalue weighted by atomic mass is 10.0. The van der Waals surface area contributed by atoms with Gasteiger partial charge in [0, 0.05) is 24.0 Å². The van der Waals surface area contributed by atoms with Crippen LogP contribution in [0.3, 0.4) is 0 Å². The van der Waals surface area contributed by atoms with E-state index in [0.717, 1.165) is 11.1 Å². The van der Waals surface area contributed by atoms with Crippen LogP contribution in [-0.4, -0.2) is 51.4 Å². The van der Waals surface area contributed by atoms with Gasteiger partial charge in [0.2, 0.25) is 0 Å². The number of nitrogens with two attached hydrogens (primary N) is 1. The second-order valence-electron chi connectivity index (χ2n) is 6.25. The van der Waals surface area contributed by atoms with E-state index < -0.39 is 12.1 Å². The molecule has 1 aliphatic heterocycles. The van der Waals surface area contributed by atoms with Gasteiger partial charge in [0.25, 0.3) is 0 Å². The van der Waals surface area contributed by atoms with Crippen LogP contribution in [0.4, 0.5) is 15.4 Å². The lowest BCUT2D eigenvalue weighted by Gasteiger charge is -2.36. The van der Waals surface area contributed by atoms with E-state index in [-0.39, 0.29) is 18.3 Å². The number of rotatable bonds is 3. The van der Waals surface area contributed by atoms with Crippen molar-refractivity contribution in [2.75, 3.05) is 18.0 Å². The molecule has 3 rings (SSSR count). The Morgan fingerprint density at radius 3 is 2.85 bits per heavy atom. The quantitative estimate of drug-likeness (QED) is 0.761. The number of hydrogen-bond donors (Lipinski definition) is 3. The molecule has 138 valence electrons. The third-order valence-corrected chi connectivity index (χ3v) is 5.33. The predicted octanol–water partition coefficient (Wildman–Crippen LogP) is 2.85. The van der Waals surface area contributed by atoms with Gasteiger partial charge in [0.05, 0.1) is 6.04 Å². The number of primary amides is 1. The first kappa shape index (κ1) is 18.0. The minimum absolute atomic E-state index is 0.209. The van der Waals surface area contributed by atoms with Crippen molar-refractivity contribution in [3.05, 3.63) is 29.1 Å². The Kier molecular flexibility index (Phi) is 4.99. The summed E-state index contributed by atoms with van der Waals surface area (Å²) < 4.78 is 0. The molecule has 1 aromatic heterocycles. The monoisotopic (exact) mass is 376 g/mol. The number of amides is 3. The van der Waals surface area contributed by atoms with Crippen molar-refractivity contribution in [3.8, 4) is 16.3 Å². The van der Waals surface area contributed by atoms with E-state index in [9.17, 15) is 19.8 Å². The smallest absolute Gasteiger partial charge is 0.407 e. The molecule has 1 aromatic carbocycles. The summed E-state index contributed by atoms with van der Waals surface area (Å²) >= 11 is 1.36. The summed E-state index contributed by atoms with van der Waals surface area (Å²) in [5.41, 5.74) is 7.13. The van der Waals surface area contributed by atoms with Crippen LogP contribution in [0.5, 0.6) is 5.75 Å². The first-order chi connectivity index (χ1) is 12.4. The zero-order valence-electron chi connectivity index (χ0n) is 14.3. The van der Waals surface area contributed by atoms with Crippen molar-refractivity contribution in [2.45, 2.75) is 25.8 Å². The van der Waals surface area contributed by atoms with Crippen LogP contribution < -0.4 is 10.6 Å². The van der Waals surface area contributed by atoms with Crippen LogP contribution in [-0.2, 0) is 0 Å². The zero-order valence-corrected chi connectivity index (χ0v) is 15.1. The number of anilines is 1. The van der Waals surface area contributed by atoms with E-state index in [1.807, 2.05) is 6.07 Å². The van der Waals surface area contributed by atoms with Crippen molar-refractivity contribution >= 4 is 29.3 Å². The second-order valence-corrected chi connectivity index (χ2v) is 7.10. The summed E-state index contributed by atoms with van der Waals surface area (Å²) in [6, 6.07) is 4.18. The van der Waals surface area contributed by atoms with E-state index in [1.165, 1.54) is 21.1 Å².